The van der Waals surface area contributed by atoms with Crippen molar-refractivity contribution >= 4 is 0 Å². The van der Waals surface area contributed by atoms with E-state index in [1.54, 1.807) is 0 Å². The van der Waals surface area contributed by atoms with E-state index in [9.17, 15) is 0 Å². The van der Waals surface area contributed by atoms with E-state index in [1.807, 2.05) is 0 Å². The summed E-state index contributed by atoms with van der Waals surface area (Å²) >= 11 is 0. The highest BCUT2D eigenvalue weighted by Gasteiger charge is 2.28. The van der Waals surface area contributed by atoms with Crippen molar-refractivity contribution in [3.8, 4) is 0 Å². The van der Waals surface area contributed by atoms with Gasteiger partial charge in [-0.25, -0.2) is 0 Å². The maximum atomic E-state index is 5.58. The molecule has 150 valence electrons. The van der Waals surface area contributed by atoms with E-state index < -0.39 is 0 Å². The molecule has 0 aliphatic carbocycles. The lowest BCUT2D eigenvalue weighted by atomic mass is 10.0. The van der Waals surface area contributed by atoms with Crippen LogP contribution >= 0.6 is 0 Å². The lowest BCUT2D eigenvalue weighted by Crippen LogP contribution is -2.55. The first-order chi connectivity index (χ1) is 12.3. The standard InChI is InChI=1S/C23H48NO/c1-3-5-6-7-8-9-10-11-12-13-14-15-16-17-19-24(18-4-2)20-22-25-23-21-24/h3-23H2,1-2H3/q+1. The van der Waals surface area contributed by atoms with Crippen molar-refractivity contribution in [2.45, 2.75) is 110 Å². The van der Waals surface area contributed by atoms with Crippen molar-refractivity contribution in [3.05, 3.63) is 0 Å². The van der Waals surface area contributed by atoms with Gasteiger partial charge in [-0.05, 0) is 19.3 Å². The van der Waals surface area contributed by atoms with Gasteiger partial charge in [-0.2, -0.15) is 0 Å². The molecule has 1 aliphatic heterocycles. The lowest BCUT2D eigenvalue weighted by molar-refractivity contribution is -0.935. The van der Waals surface area contributed by atoms with Crippen LogP contribution < -0.4 is 0 Å². The smallest absolute Gasteiger partial charge is 0.102 e. The van der Waals surface area contributed by atoms with Crippen molar-refractivity contribution < 1.29 is 9.22 Å². The molecule has 1 aliphatic rings. The van der Waals surface area contributed by atoms with Gasteiger partial charge in [0.2, 0.25) is 0 Å². The van der Waals surface area contributed by atoms with E-state index in [0.29, 0.717) is 0 Å². The number of ether oxygens (including phenoxy) is 1. The molecule has 0 N–H and O–H groups in total. The zero-order valence-corrected chi connectivity index (χ0v) is 17.7. The van der Waals surface area contributed by atoms with Crippen LogP contribution in [0.2, 0.25) is 0 Å². The Bertz CT molecular complexity index is 268. The third kappa shape index (κ3) is 12.0. The number of morpholine rings is 1. The topological polar surface area (TPSA) is 9.23 Å². The van der Waals surface area contributed by atoms with Gasteiger partial charge < -0.3 is 9.22 Å². The Morgan fingerprint density at radius 3 is 1.40 bits per heavy atom. The van der Waals surface area contributed by atoms with Gasteiger partial charge in [0, 0.05) is 0 Å². The Morgan fingerprint density at radius 1 is 0.520 bits per heavy atom. The third-order valence-electron chi connectivity index (χ3n) is 6.10. The van der Waals surface area contributed by atoms with Crippen LogP contribution in [0.15, 0.2) is 0 Å². The Kier molecular flexibility index (Phi) is 14.8. The van der Waals surface area contributed by atoms with Crippen molar-refractivity contribution in [2.24, 2.45) is 0 Å². The van der Waals surface area contributed by atoms with Crippen LogP contribution in [0, 0.1) is 0 Å². The van der Waals surface area contributed by atoms with Crippen LogP contribution in [0.5, 0.6) is 0 Å². The van der Waals surface area contributed by atoms with E-state index in [4.69, 9.17) is 4.74 Å². The maximum Gasteiger partial charge on any atom is 0.102 e. The molecule has 1 saturated heterocycles. The second-order valence-electron chi connectivity index (χ2n) is 8.44. The van der Waals surface area contributed by atoms with Gasteiger partial charge in [-0.15, -0.1) is 0 Å². The van der Waals surface area contributed by atoms with Crippen LogP contribution in [0.25, 0.3) is 0 Å². The fourth-order valence-electron chi connectivity index (χ4n) is 4.41. The molecule has 0 radical (unpaired) electrons. The molecule has 1 fully saturated rings. The van der Waals surface area contributed by atoms with E-state index in [1.165, 1.54) is 127 Å². The molecule has 0 aromatic heterocycles. The number of rotatable bonds is 17. The Balaban J connectivity index is 1.85. The first-order valence-electron chi connectivity index (χ1n) is 11.8. The van der Waals surface area contributed by atoms with E-state index in [0.717, 1.165) is 13.2 Å². The summed E-state index contributed by atoms with van der Waals surface area (Å²) in [5, 5.41) is 0. The summed E-state index contributed by atoms with van der Waals surface area (Å²) in [5.41, 5.74) is 0. The zero-order chi connectivity index (χ0) is 18.1. The molecule has 2 heteroatoms. The molecule has 0 aromatic rings. The molecular formula is C23H48NO+. The predicted octanol–water partition coefficient (Wildman–Crippen LogP) is 6.72. The minimum atomic E-state index is 0.985. The van der Waals surface area contributed by atoms with Crippen molar-refractivity contribution in [1.29, 1.82) is 0 Å². The molecule has 25 heavy (non-hydrogen) atoms. The number of hydrogen-bond donors (Lipinski definition) is 0. The molecular weight excluding hydrogens is 306 g/mol. The summed E-state index contributed by atoms with van der Waals surface area (Å²) in [6.07, 6.45) is 21.7. The molecule has 0 spiro atoms. The van der Waals surface area contributed by atoms with E-state index in [2.05, 4.69) is 13.8 Å². The van der Waals surface area contributed by atoms with Gasteiger partial charge in [0.05, 0.1) is 26.3 Å². The molecule has 0 atom stereocenters. The van der Waals surface area contributed by atoms with Crippen molar-refractivity contribution in [1.82, 2.24) is 0 Å². The highest BCUT2D eigenvalue weighted by Crippen LogP contribution is 2.17. The van der Waals surface area contributed by atoms with Crippen LogP contribution in [0.4, 0.5) is 0 Å². The number of unbranched alkanes of at least 4 members (excludes halogenated alkanes) is 13. The van der Waals surface area contributed by atoms with Crippen LogP contribution in [-0.4, -0.2) is 43.9 Å². The SMILES string of the molecule is CCCCCCCCCCCCCCCC[N+]1(CCC)CCOCC1. The largest absolute Gasteiger partial charge is 0.370 e. The van der Waals surface area contributed by atoms with E-state index in [-0.39, 0.29) is 0 Å². The number of hydrogen-bond acceptors (Lipinski definition) is 1. The first-order valence-corrected chi connectivity index (χ1v) is 11.8. The highest BCUT2D eigenvalue weighted by atomic mass is 16.5. The van der Waals surface area contributed by atoms with Crippen LogP contribution in [0.3, 0.4) is 0 Å². The summed E-state index contributed by atoms with van der Waals surface area (Å²) in [4.78, 5) is 0. The van der Waals surface area contributed by atoms with Gasteiger partial charge in [0.15, 0.2) is 0 Å². The normalized spacial score (nSPS) is 17.0. The Morgan fingerprint density at radius 2 is 0.960 bits per heavy atom. The summed E-state index contributed by atoms with van der Waals surface area (Å²) in [6, 6.07) is 0. The minimum absolute atomic E-state index is 0.985. The lowest BCUT2D eigenvalue weighted by Gasteiger charge is -2.41. The Hall–Kier alpha value is -0.0800. The van der Waals surface area contributed by atoms with Gasteiger partial charge in [-0.3, -0.25) is 0 Å². The third-order valence-corrected chi connectivity index (χ3v) is 6.10. The molecule has 0 bridgehead atoms. The van der Waals surface area contributed by atoms with Gasteiger partial charge in [0.25, 0.3) is 0 Å². The molecule has 1 heterocycles. The molecule has 0 saturated carbocycles. The summed E-state index contributed by atoms with van der Waals surface area (Å²) < 4.78 is 6.92. The van der Waals surface area contributed by atoms with Gasteiger partial charge in [-0.1, -0.05) is 90.9 Å². The maximum absolute atomic E-state index is 5.58. The molecule has 0 aromatic carbocycles. The predicted molar refractivity (Wildman–Crippen MR) is 111 cm³/mol. The quantitative estimate of drug-likeness (QED) is 0.208. The van der Waals surface area contributed by atoms with Crippen LogP contribution in [-0.2, 0) is 4.74 Å². The second kappa shape index (κ2) is 16.1. The van der Waals surface area contributed by atoms with Crippen molar-refractivity contribution in [3.63, 3.8) is 0 Å². The fraction of sp³-hybridized carbons (Fsp3) is 1.00. The van der Waals surface area contributed by atoms with Crippen molar-refractivity contribution in [2.75, 3.05) is 39.4 Å². The van der Waals surface area contributed by atoms with Gasteiger partial charge in [0.1, 0.15) is 13.1 Å². The molecule has 2 nitrogen and oxygen atoms in total. The highest BCUT2D eigenvalue weighted by molar-refractivity contribution is 4.53. The monoisotopic (exact) mass is 354 g/mol. The molecule has 0 amide bonds. The van der Waals surface area contributed by atoms with E-state index >= 15 is 0 Å². The fourth-order valence-corrected chi connectivity index (χ4v) is 4.41. The zero-order valence-electron chi connectivity index (χ0n) is 17.7. The second-order valence-corrected chi connectivity index (χ2v) is 8.44. The minimum Gasteiger partial charge on any atom is -0.370 e. The number of nitrogens with zero attached hydrogens (tertiary/aromatic N) is 1. The van der Waals surface area contributed by atoms with Crippen LogP contribution in [0.1, 0.15) is 110 Å². The van der Waals surface area contributed by atoms with Gasteiger partial charge >= 0.3 is 0 Å². The number of quaternary nitrogens is 1. The average Bonchev–Trinajstić information content (AvgIpc) is 2.63. The summed E-state index contributed by atoms with van der Waals surface area (Å²) in [7, 11) is 0. The Labute approximate surface area is 159 Å². The summed E-state index contributed by atoms with van der Waals surface area (Å²) in [5.74, 6) is 0. The molecule has 1 rings (SSSR count). The first kappa shape index (κ1) is 23.0. The average molecular weight is 355 g/mol. The summed E-state index contributed by atoms with van der Waals surface area (Å²) in [6.45, 7) is 11.9. The molecule has 0 unspecified atom stereocenters.